The Morgan fingerprint density at radius 3 is 1.32 bits per heavy atom. The highest BCUT2D eigenvalue weighted by atomic mass is 16.6. The fraction of sp³-hybridized carbons (Fsp3) is 0. The number of nitrogens with zero attached hydrogens (tertiary/aromatic N) is 2. The smallest absolute Gasteiger partial charge is 0.295 e. The Balaban J connectivity index is 0.000000220. The molecular formula is C12H12N4O6. The van der Waals surface area contributed by atoms with E-state index in [4.69, 9.17) is 21.7 Å². The monoisotopic (exact) mass is 308 g/mol. The number of phenols is 2. The number of rotatable bonds is 2. The Bertz CT molecular complexity index is 657. The molecule has 10 nitrogen and oxygen atoms in total. The van der Waals surface area contributed by atoms with Gasteiger partial charge < -0.3 is 21.7 Å². The van der Waals surface area contributed by atoms with E-state index in [0.29, 0.717) is 0 Å². The number of nitrogen functional groups attached to an aromatic ring is 2. The first-order valence-electron chi connectivity index (χ1n) is 5.68. The molecule has 116 valence electrons. The van der Waals surface area contributed by atoms with Crippen LogP contribution >= 0.6 is 0 Å². The Labute approximate surface area is 123 Å². The molecule has 0 amide bonds. The number of nitrogens with two attached hydrogens (primary N) is 2. The first kappa shape index (κ1) is 16.5. The van der Waals surface area contributed by atoms with Crippen LogP contribution in [0.25, 0.3) is 0 Å². The van der Waals surface area contributed by atoms with Gasteiger partial charge in [0.1, 0.15) is 22.9 Å². The van der Waals surface area contributed by atoms with Crippen LogP contribution in [0, 0.1) is 20.2 Å². The minimum Gasteiger partial charge on any atom is -0.508 e. The van der Waals surface area contributed by atoms with Crippen molar-refractivity contribution in [1.82, 2.24) is 0 Å². The number of nitro benzene ring substituents is 2. The van der Waals surface area contributed by atoms with Gasteiger partial charge in [-0.1, -0.05) is 0 Å². The number of benzene rings is 2. The van der Waals surface area contributed by atoms with Gasteiger partial charge >= 0.3 is 0 Å². The summed E-state index contributed by atoms with van der Waals surface area (Å²) in [6.07, 6.45) is 0. The second-order valence-corrected chi connectivity index (χ2v) is 4.00. The van der Waals surface area contributed by atoms with E-state index < -0.39 is 9.85 Å². The average Bonchev–Trinajstić information content (AvgIpc) is 2.44. The Kier molecular flexibility index (Phi) is 5.06. The van der Waals surface area contributed by atoms with E-state index in [-0.39, 0.29) is 34.2 Å². The molecule has 0 radical (unpaired) electrons. The second kappa shape index (κ2) is 6.74. The normalized spacial score (nSPS) is 9.45. The summed E-state index contributed by atoms with van der Waals surface area (Å²) in [7, 11) is 0. The quantitative estimate of drug-likeness (QED) is 0.280. The first-order valence-corrected chi connectivity index (χ1v) is 5.68. The zero-order valence-electron chi connectivity index (χ0n) is 11.0. The van der Waals surface area contributed by atoms with E-state index in [1.807, 2.05) is 0 Å². The van der Waals surface area contributed by atoms with E-state index in [1.54, 1.807) is 0 Å². The van der Waals surface area contributed by atoms with Crippen LogP contribution in [0.4, 0.5) is 22.7 Å². The molecule has 10 heteroatoms. The van der Waals surface area contributed by atoms with E-state index in [0.717, 1.165) is 12.1 Å². The van der Waals surface area contributed by atoms with Gasteiger partial charge in [0.15, 0.2) is 0 Å². The summed E-state index contributed by atoms with van der Waals surface area (Å²) in [6.45, 7) is 0. The highest BCUT2D eigenvalue weighted by Crippen LogP contribution is 2.25. The average molecular weight is 308 g/mol. The van der Waals surface area contributed by atoms with Crippen LogP contribution in [-0.4, -0.2) is 20.1 Å². The van der Waals surface area contributed by atoms with Crippen molar-refractivity contribution in [2.24, 2.45) is 0 Å². The highest BCUT2D eigenvalue weighted by Gasteiger charge is 2.11. The fourth-order valence-electron chi connectivity index (χ4n) is 1.38. The molecule has 0 aromatic heterocycles. The van der Waals surface area contributed by atoms with Crippen LogP contribution in [0.2, 0.25) is 0 Å². The van der Waals surface area contributed by atoms with Crippen molar-refractivity contribution in [2.75, 3.05) is 11.5 Å². The summed E-state index contributed by atoms with van der Waals surface area (Å²) in [6, 6.07) is 7.18. The molecule has 2 aromatic carbocycles. The van der Waals surface area contributed by atoms with Gasteiger partial charge in [0.25, 0.3) is 11.4 Å². The number of hydrogen-bond donors (Lipinski definition) is 4. The largest absolute Gasteiger partial charge is 0.508 e. The molecule has 0 unspecified atom stereocenters. The van der Waals surface area contributed by atoms with Crippen LogP contribution in [0.1, 0.15) is 0 Å². The highest BCUT2D eigenvalue weighted by molar-refractivity contribution is 5.60. The lowest BCUT2D eigenvalue weighted by atomic mass is 10.2. The fourth-order valence-corrected chi connectivity index (χ4v) is 1.38. The molecule has 0 spiro atoms. The third-order valence-corrected chi connectivity index (χ3v) is 2.42. The lowest BCUT2D eigenvalue weighted by Crippen LogP contribution is -1.94. The van der Waals surface area contributed by atoms with Gasteiger partial charge in [-0.2, -0.15) is 0 Å². The van der Waals surface area contributed by atoms with Crippen molar-refractivity contribution in [2.45, 2.75) is 0 Å². The summed E-state index contributed by atoms with van der Waals surface area (Å²) in [5.74, 6) is -0.322. The van der Waals surface area contributed by atoms with Gasteiger partial charge in [0.05, 0.1) is 22.0 Å². The van der Waals surface area contributed by atoms with Gasteiger partial charge in [-0.05, 0) is 24.3 Å². The third kappa shape index (κ3) is 4.23. The lowest BCUT2D eigenvalue weighted by Gasteiger charge is -1.95. The van der Waals surface area contributed by atoms with Gasteiger partial charge in [-0.3, -0.25) is 20.2 Å². The molecular weight excluding hydrogens is 296 g/mol. The minimum atomic E-state index is -0.644. The van der Waals surface area contributed by atoms with Crippen LogP contribution < -0.4 is 11.5 Å². The molecule has 0 heterocycles. The predicted octanol–water partition coefficient (Wildman–Crippen LogP) is 1.77. The number of phenolic OH excluding ortho intramolecular Hbond substituents is 2. The maximum absolute atomic E-state index is 10.2. The number of aromatic hydroxyl groups is 2. The molecule has 0 fully saturated rings. The van der Waals surface area contributed by atoms with E-state index in [1.165, 1.54) is 24.3 Å². The molecule has 22 heavy (non-hydrogen) atoms. The van der Waals surface area contributed by atoms with Crippen molar-refractivity contribution in [1.29, 1.82) is 0 Å². The van der Waals surface area contributed by atoms with Crippen LogP contribution in [0.3, 0.4) is 0 Å². The van der Waals surface area contributed by atoms with Crippen molar-refractivity contribution in [3.8, 4) is 11.5 Å². The molecule has 0 atom stereocenters. The van der Waals surface area contributed by atoms with Crippen molar-refractivity contribution < 1.29 is 20.1 Å². The van der Waals surface area contributed by atoms with Gasteiger partial charge in [-0.25, -0.2) is 0 Å². The van der Waals surface area contributed by atoms with Crippen molar-refractivity contribution in [3.63, 3.8) is 0 Å². The summed E-state index contributed by atoms with van der Waals surface area (Å²) < 4.78 is 0. The Morgan fingerprint density at radius 2 is 1.09 bits per heavy atom. The Hall–Kier alpha value is -3.56. The number of hydrogen-bond acceptors (Lipinski definition) is 8. The topological polar surface area (TPSA) is 179 Å². The molecule has 2 rings (SSSR count). The van der Waals surface area contributed by atoms with Crippen LogP contribution in [0.5, 0.6) is 11.5 Å². The molecule has 2 aromatic rings. The molecule has 0 aliphatic rings. The minimum absolute atomic E-state index is 0.0489. The summed E-state index contributed by atoms with van der Waals surface area (Å²) in [5, 5.41) is 38.0. The van der Waals surface area contributed by atoms with Crippen LogP contribution in [0.15, 0.2) is 36.4 Å². The molecule has 0 bridgehead atoms. The molecule has 0 aliphatic heterocycles. The second-order valence-electron chi connectivity index (χ2n) is 4.00. The van der Waals surface area contributed by atoms with E-state index in [2.05, 4.69) is 0 Å². The maximum Gasteiger partial charge on any atom is 0.295 e. The van der Waals surface area contributed by atoms with Gasteiger partial charge in [-0.15, -0.1) is 0 Å². The molecule has 0 aliphatic carbocycles. The van der Waals surface area contributed by atoms with Gasteiger partial charge in [0.2, 0.25) is 0 Å². The summed E-state index contributed by atoms with van der Waals surface area (Å²) in [5.41, 5.74) is 10.0. The van der Waals surface area contributed by atoms with Crippen molar-refractivity contribution in [3.05, 3.63) is 56.6 Å². The first-order chi connectivity index (χ1) is 10.2. The molecule has 0 saturated carbocycles. The maximum atomic E-state index is 10.2. The van der Waals surface area contributed by atoms with Crippen molar-refractivity contribution >= 4 is 22.7 Å². The standard InChI is InChI=1S/2C6H6N2O3/c2*7-5-2-1-4(9)3-6(5)8(10)11/h2*1-3,9H,7H2. The molecule has 6 N–H and O–H groups in total. The Morgan fingerprint density at radius 1 is 0.773 bits per heavy atom. The zero-order chi connectivity index (χ0) is 16.9. The lowest BCUT2D eigenvalue weighted by molar-refractivity contribution is -0.384. The van der Waals surface area contributed by atoms with Gasteiger partial charge in [0, 0.05) is 0 Å². The third-order valence-electron chi connectivity index (χ3n) is 2.42. The number of anilines is 2. The summed E-state index contributed by atoms with van der Waals surface area (Å²) in [4.78, 5) is 19.1. The van der Waals surface area contributed by atoms with E-state index in [9.17, 15) is 20.2 Å². The molecule has 0 saturated heterocycles. The predicted molar refractivity (Wildman–Crippen MR) is 78.3 cm³/mol. The summed E-state index contributed by atoms with van der Waals surface area (Å²) >= 11 is 0. The van der Waals surface area contributed by atoms with Crippen LogP contribution in [-0.2, 0) is 0 Å². The zero-order valence-corrected chi connectivity index (χ0v) is 11.0. The van der Waals surface area contributed by atoms with E-state index >= 15 is 0 Å². The number of nitro groups is 2. The SMILES string of the molecule is Nc1ccc(O)cc1[N+](=O)[O-].Nc1ccc(O)cc1[N+](=O)[O-].